The molecule has 1 unspecified atom stereocenters. The van der Waals surface area contributed by atoms with E-state index in [9.17, 15) is 14.0 Å². The predicted octanol–water partition coefficient (Wildman–Crippen LogP) is 2.09. The van der Waals surface area contributed by atoms with Crippen molar-refractivity contribution in [3.8, 4) is 0 Å². The molecule has 3 heterocycles. The maximum atomic E-state index is 13.7. The summed E-state index contributed by atoms with van der Waals surface area (Å²) in [5.41, 5.74) is 0.459. The number of benzene rings is 1. The zero-order chi connectivity index (χ0) is 18.8. The van der Waals surface area contributed by atoms with E-state index in [0.717, 1.165) is 12.8 Å². The van der Waals surface area contributed by atoms with E-state index in [0.29, 0.717) is 41.8 Å². The first-order valence-electron chi connectivity index (χ1n) is 9.05. The first-order valence-corrected chi connectivity index (χ1v) is 9.87. The number of nitrogens with zero attached hydrogens (tertiary/aromatic N) is 4. The second-order valence-electron chi connectivity index (χ2n) is 6.68. The quantitative estimate of drug-likeness (QED) is 0.847. The Morgan fingerprint density at radius 1 is 1.22 bits per heavy atom. The summed E-state index contributed by atoms with van der Waals surface area (Å²) in [7, 11) is 0. The molecular weight excluding hydrogens is 369 g/mol. The van der Waals surface area contributed by atoms with Gasteiger partial charge in [-0.05, 0) is 25.3 Å². The molecule has 7 nitrogen and oxygen atoms in total. The van der Waals surface area contributed by atoms with Gasteiger partial charge in [-0.25, -0.2) is 4.39 Å². The number of hydrogen-bond acceptors (Lipinski definition) is 6. The third-order valence-corrected chi connectivity index (χ3v) is 5.90. The topological polar surface area (TPSA) is 78.4 Å². The first kappa shape index (κ1) is 17.8. The zero-order valence-corrected chi connectivity index (χ0v) is 15.5. The highest BCUT2D eigenvalue weighted by Crippen LogP contribution is 2.33. The average Bonchev–Trinajstić information content (AvgIpc) is 3.40. The summed E-state index contributed by atoms with van der Waals surface area (Å²) in [6, 6.07) is 6.05. The third kappa shape index (κ3) is 3.64. The van der Waals surface area contributed by atoms with E-state index in [1.165, 1.54) is 17.4 Å². The number of nitrogens with one attached hydrogen (secondary N) is 1. The summed E-state index contributed by atoms with van der Waals surface area (Å²) < 4.78 is 13.7. The van der Waals surface area contributed by atoms with Crippen LogP contribution in [-0.2, 0) is 16.1 Å². The number of rotatable bonds is 5. The van der Waals surface area contributed by atoms with Gasteiger partial charge in [-0.3, -0.25) is 14.5 Å². The van der Waals surface area contributed by atoms with E-state index in [4.69, 9.17) is 0 Å². The van der Waals surface area contributed by atoms with E-state index in [1.807, 2.05) is 4.90 Å². The van der Waals surface area contributed by atoms with Gasteiger partial charge in [-0.1, -0.05) is 29.5 Å². The molecule has 4 rings (SSSR count). The van der Waals surface area contributed by atoms with Gasteiger partial charge in [0, 0.05) is 31.6 Å². The van der Waals surface area contributed by atoms with Crippen molar-refractivity contribution in [1.82, 2.24) is 15.5 Å². The van der Waals surface area contributed by atoms with Crippen LogP contribution in [0.1, 0.15) is 31.2 Å². The van der Waals surface area contributed by atoms with Gasteiger partial charge in [0.25, 0.3) is 0 Å². The highest BCUT2D eigenvalue weighted by Gasteiger charge is 2.34. The van der Waals surface area contributed by atoms with Crippen molar-refractivity contribution in [3.05, 3.63) is 35.6 Å². The average molecular weight is 389 g/mol. The van der Waals surface area contributed by atoms with Crippen molar-refractivity contribution in [2.24, 2.45) is 0 Å². The van der Waals surface area contributed by atoms with Crippen LogP contribution in [0.5, 0.6) is 0 Å². The highest BCUT2D eigenvalue weighted by molar-refractivity contribution is 7.19. The van der Waals surface area contributed by atoms with Crippen LogP contribution in [0.2, 0.25) is 0 Å². The lowest BCUT2D eigenvalue weighted by Crippen LogP contribution is -2.43. The van der Waals surface area contributed by atoms with Crippen LogP contribution in [0.15, 0.2) is 24.3 Å². The van der Waals surface area contributed by atoms with Crippen molar-refractivity contribution in [2.75, 3.05) is 22.9 Å². The lowest BCUT2D eigenvalue weighted by atomic mass is 10.2. The minimum absolute atomic E-state index is 0.0679. The molecule has 0 radical (unpaired) electrons. The van der Waals surface area contributed by atoms with Crippen molar-refractivity contribution in [3.63, 3.8) is 0 Å². The van der Waals surface area contributed by atoms with E-state index >= 15 is 0 Å². The van der Waals surface area contributed by atoms with Crippen LogP contribution >= 0.6 is 11.3 Å². The molecule has 2 amide bonds. The predicted molar refractivity (Wildman–Crippen MR) is 100 cm³/mol. The van der Waals surface area contributed by atoms with Crippen molar-refractivity contribution in [1.29, 1.82) is 0 Å². The summed E-state index contributed by atoms with van der Waals surface area (Å²) in [4.78, 5) is 28.1. The van der Waals surface area contributed by atoms with E-state index in [1.54, 1.807) is 23.1 Å². The van der Waals surface area contributed by atoms with Gasteiger partial charge < -0.3 is 10.2 Å². The van der Waals surface area contributed by atoms with Gasteiger partial charge in [0.1, 0.15) is 11.9 Å². The number of amides is 2. The minimum atomic E-state index is -0.355. The Labute approximate surface area is 160 Å². The lowest BCUT2D eigenvalue weighted by Gasteiger charge is -2.22. The zero-order valence-electron chi connectivity index (χ0n) is 14.7. The van der Waals surface area contributed by atoms with Crippen molar-refractivity contribution < 1.29 is 14.0 Å². The molecule has 1 aromatic heterocycles. The largest absolute Gasteiger partial charge is 0.350 e. The molecule has 2 aliphatic rings. The Kier molecular flexibility index (Phi) is 5.02. The Morgan fingerprint density at radius 2 is 2.04 bits per heavy atom. The van der Waals surface area contributed by atoms with E-state index < -0.39 is 0 Å². The molecule has 0 aliphatic carbocycles. The monoisotopic (exact) mass is 389 g/mol. The Morgan fingerprint density at radius 3 is 2.81 bits per heavy atom. The molecule has 1 N–H and O–H groups in total. The molecule has 2 saturated heterocycles. The number of carbonyl (C=O) groups is 2. The molecule has 0 spiro atoms. The smallest absolute Gasteiger partial charge is 0.243 e. The van der Waals surface area contributed by atoms with Gasteiger partial charge in [0.15, 0.2) is 0 Å². The molecule has 0 saturated carbocycles. The second kappa shape index (κ2) is 7.59. The Bertz CT molecular complexity index is 858. The first-order chi connectivity index (χ1) is 13.1. The molecule has 2 aliphatic heterocycles. The molecule has 0 bridgehead atoms. The fourth-order valence-electron chi connectivity index (χ4n) is 3.49. The maximum Gasteiger partial charge on any atom is 0.243 e. The third-order valence-electron chi connectivity index (χ3n) is 4.92. The summed E-state index contributed by atoms with van der Waals surface area (Å²) in [6.07, 6.45) is 2.95. The fraction of sp³-hybridized carbons (Fsp3) is 0.444. The van der Waals surface area contributed by atoms with Crippen LogP contribution < -0.4 is 15.1 Å². The highest BCUT2D eigenvalue weighted by atomic mass is 32.1. The van der Waals surface area contributed by atoms with Crippen LogP contribution in [0.25, 0.3) is 0 Å². The Balaban J connectivity index is 1.43. The van der Waals surface area contributed by atoms with E-state index in [-0.39, 0.29) is 30.2 Å². The van der Waals surface area contributed by atoms with Crippen LogP contribution in [0.3, 0.4) is 0 Å². The Hall–Kier alpha value is -2.55. The summed E-state index contributed by atoms with van der Waals surface area (Å²) >= 11 is 1.34. The molecular formula is C18H20FN5O2S. The van der Waals surface area contributed by atoms with Gasteiger partial charge in [-0.15, -0.1) is 10.2 Å². The van der Waals surface area contributed by atoms with Crippen molar-refractivity contribution in [2.45, 2.75) is 38.3 Å². The molecule has 27 heavy (non-hydrogen) atoms. The SMILES string of the molecule is O=C(NCc1ccccc1F)C1CCCN1c1nnc(N2CCCC2=O)s1. The van der Waals surface area contributed by atoms with E-state index in [2.05, 4.69) is 15.5 Å². The van der Waals surface area contributed by atoms with Gasteiger partial charge in [-0.2, -0.15) is 0 Å². The van der Waals surface area contributed by atoms with Gasteiger partial charge in [0.05, 0.1) is 0 Å². The number of aromatic nitrogens is 2. The van der Waals surface area contributed by atoms with Crippen LogP contribution in [0.4, 0.5) is 14.7 Å². The molecule has 1 atom stereocenters. The standard InChI is InChI=1S/C18H20FN5O2S/c19-13-6-2-1-5-12(13)11-20-16(26)14-7-3-9-23(14)17-21-22-18(27-17)24-10-4-8-15(24)25/h1-2,5-6,14H,3-4,7-11H2,(H,20,26). The summed E-state index contributed by atoms with van der Waals surface area (Å²) in [6.45, 7) is 1.53. The minimum Gasteiger partial charge on any atom is -0.350 e. The second-order valence-corrected chi connectivity index (χ2v) is 7.61. The lowest BCUT2D eigenvalue weighted by molar-refractivity contribution is -0.122. The van der Waals surface area contributed by atoms with Gasteiger partial charge >= 0.3 is 0 Å². The molecule has 142 valence electrons. The molecule has 9 heteroatoms. The number of halogens is 1. The normalized spacial score (nSPS) is 19.7. The maximum absolute atomic E-state index is 13.7. The summed E-state index contributed by atoms with van der Waals surface area (Å²) in [5.74, 6) is -0.409. The molecule has 2 fully saturated rings. The molecule has 2 aromatic rings. The number of anilines is 2. The van der Waals surface area contributed by atoms with Crippen LogP contribution in [0, 0.1) is 5.82 Å². The summed E-state index contributed by atoms with van der Waals surface area (Å²) in [5, 5.41) is 12.4. The number of hydrogen-bond donors (Lipinski definition) is 1. The molecule has 1 aromatic carbocycles. The van der Waals surface area contributed by atoms with Gasteiger partial charge in [0.2, 0.25) is 22.1 Å². The van der Waals surface area contributed by atoms with Crippen molar-refractivity contribution >= 4 is 33.4 Å². The van der Waals surface area contributed by atoms with Crippen LogP contribution in [-0.4, -0.2) is 41.1 Å². The number of carbonyl (C=O) groups excluding carboxylic acids is 2. The fourth-order valence-corrected chi connectivity index (χ4v) is 4.46.